The molecule has 3 heteroatoms. The molecule has 0 atom stereocenters. The molecule has 0 amide bonds. The van der Waals surface area contributed by atoms with Gasteiger partial charge in [0.1, 0.15) is 5.75 Å². The van der Waals surface area contributed by atoms with Crippen molar-refractivity contribution in [3.05, 3.63) is 42.1 Å². The Labute approximate surface area is 115 Å². The average molecular weight is 261 g/mol. The summed E-state index contributed by atoms with van der Waals surface area (Å²) in [5.41, 5.74) is 0.642. The van der Waals surface area contributed by atoms with Crippen molar-refractivity contribution in [3.8, 4) is 5.75 Å². The van der Waals surface area contributed by atoms with Crippen molar-refractivity contribution in [2.45, 2.75) is 39.8 Å². The summed E-state index contributed by atoms with van der Waals surface area (Å²) in [4.78, 5) is 14.2. The second kappa shape index (κ2) is 6.98. The third-order valence-corrected chi connectivity index (χ3v) is 2.94. The molecule has 0 aliphatic carbocycles. The Morgan fingerprint density at radius 3 is 2.37 bits per heavy atom. The van der Waals surface area contributed by atoms with Crippen LogP contribution in [-0.2, 0) is 0 Å². The number of ether oxygens (including phenoxy) is 1. The number of hydrogen-bond acceptors (Lipinski definition) is 3. The molecule has 1 aromatic carbocycles. The van der Waals surface area contributed by atoms with Crippen LogP contribution in [0.1, 0.15) is 38.1 Å². The van der Waals surface area contributed by atoms with Gasteiger partial charge in [0, 0.05) is 29.9 Å². The topological polar surface area (TPSA) is 29.5 Å². The summed E-state index contributed by atoms with van der Waals surface area (Å²) in [7, 11) is 1.60. The van der Waals surface area contributed by atoms with Crippen LogP contribution in [0, 0.1) is 0 Å². The van der Waals surface area contributed by atoms with Gasteiger partial charge in [0.25, 0.3) is 0 Å². The number of nitrogens with zero attached hydrogens (tertiary/aromatic N) is 1. The molecule has 0 unspecified atom stereocenters. The second-order valence-electron chi connectivity index (χ2n) is 5.05. The average Bonchev–Trinajstić information content (AvgIpc) is 2.38. The smallest absolute Gasteiger partial charge is 0.187 e. The standard InChI is InChI=1S/C16H23NO2/c1-12(2)17(13(3)4)10-9-16(18)14-7-6-8-15(11-14)19-5/h6-13H,1-5H3/b10-9+. The van der Waals surface area contributed by atoms with E-state index in [0.717, 1.165) is 0 Å². The highest BCUT2D eigenvalue weighted by Gasteiger charge is 2.09. The molecule has 0 aromatic heterocycles. The minimum absolute atomic E-state index is 0.00907. The Hall–Kier alpha value is -1.77. The predicted octanol–water partition coefficient (Wildman–Crippen LogP) is 3.51. The molecule has 1 aromatic rings. The third kappa shape index (κ3) is 4.43. The van der Waals surface area contributed by atoms with Gasteiger partial charge in [0.15, 0.2) is 5.78 Å². The van der Waals surface area contributed by atoms with Crippen molar-refractivity contribution in [1.82, 2.24) is 4.90 Å². The van der Waals surface area contributed by atoms with Gasteiger partial charge >= 0.3 is 0 Å². The largest absolute Gasteiger partial charge is 0.497 e. The minimum Gasteiger partial charge on any atom is -0.497 e. The molecule has 104 valence electrons. The number of hydrogen-bond donors (Lipinski definition) is 0. The van der Waals surface area contributed by atoms with Gasteiger partial charge in [-0.2, -0.15) is 0 Å². The fraction of sp³-hybridized carbons (Fsp3) is 0.438. The van der Waals surface area contributed by atoms with Crippen LogP contribution in [0.15, 0.2) is 36.5 Å². The number of benzene rings is 1. The van der Waals surface area contributed by atoms with Crippen LogP contribution in [0.5, 0.6) is 5.75 Å². The van der Waals surface area contributed by atoms with Crippen LogP contribution in [-0.4, -0.2) is 29.9 Å². The number of allylic oxidation sites excluding steroid dienone is 1. The second-order valence-corrected chi connectivity index (χ2v) is 5.05. The van der Waals surface area contributed by atoms with Gasteiger partial charge in [-0.3, -0.25) is 4.79 Å². The Morgan fingerprint density at radius 1 is 1.21 bits per heavy atom. The molecule has 0 saturated carbocycles. The van der Waals surface area contributed by atoms with Gasteiger partial charge in [0.2, 0.25) is 0 Å². The molecule has 0 bridgehead atoms. The molecule has 0 spiro atoms. The summed E-state index contributed by atoms with van der Waals surface area (Å²) in [5, 5.41) is 0. The number of ketones is 1. The van der Waals surface area contributed by atoms with Crippen molar-refractivity contribution in [2.75, 3.05) is 7.11 Å². The number of methoxy groups -OCH3 is 1. The summed E-state index contributed by atoms with van der Waals surface area (Å²) < 4.78 is 5.12. The van der Waals surface area contributed by atoms with Crippen LogP contribution in [0.3, 0.4) is 0 Å². The van der Waals surface area contributed by atoms with E-state index < -0.39 is 0 Å². The Bertz CT molecular complexity index is 442. The van der Waals surface area contributed by atoms with Crippen LogP contribution in [0.2, 0.25) is 0 Å². The lowest BCUT2D eigenvalue weighted by Gasteiger charge is -2.29. The summed E-state index contributed by atoms with van der Waals surface area (Å²) >= 11 is 0. The minimum atomic E-state index is -0.00907. The highest BCUT2D eigenvalue weighted by Crippen LogP contribution is 2.14. The van der Waals surface area contributed by atoms with Gasteiger partial charge < -0.3 is 9.64 Å². The maximum Gasteiger partial charge on any atom is 0.187 e. The lowest BCUT2D eigenvalue weighted by atomic mass is 10.1. The molecule has 0 heterocycles. The summed E-state index contributed by atoms with van der Waals surface area (Å²) in [6.07, 6.45) is 3.49. The lowest BCUT2D eigenvalue weighted by Crippen LogP contribution is -2.32. The van der Waals surface area contributed by atoms with Gasteiger partial charge in [-0.15, -0.1) is 0 Å². The van der Waals surface area contributed by atoms with Crippen molar-refractivity contribution in [2.24, 2.45) is 0 Å². The Balaban J connectivity index is 2.83. The summed E-state index contributed by atoms with van der Waals surface area (Å²) in [5.74, 6) is 0.689. The highest BCUT2D eigenvalue weighted by atomic mass is 16.5. The number of rotatable bonds is 6. The van der Waals surface area contributed by atoms with E-state index in [-0.39, 0.29) is 5.78 Å². The molecule has 1 rings (SSSR count). The molecule has 0 N–H and O–H groups in total. The van der Waals surface area contributed by atoms with Crippen molar-refractivity contribution in [1.29, 1.82) is 0 Å². The van der Waals surface area contributed by atoms with E-state index in [1.54, 1.807) is 25.3 Å². The molecule has 0 aliphatic heterocycles. The summed E-state index contributed by atoms with van der Waals surface area (Å²) in [6, 6.07) is 7.94. The molecular weight excluding hydrogens is 238 g/mol. The van der Waals surface area contributed by atoms with Crippen LogP contribution >= 0.6 is 0 Å². The maximum atomic E-state index is 12.1. The maximum absolute atomic E-state index is 12.1. The molecule has 3 nitrogen and oxygen atoms in total. The third-order valence-electron chi connectivity index (χ3n) is 2.94. The van der Waals surface area contributed by atoms with E-state index in [0.29, 0.717) is 23.4 Å². The monoisotopic (exact) mass is 261 g/mol. The van der Waals surface area contributed by atoms with Crippen molar-refractivity contribution >= 4 is 5.78 Å². The first-order chi connectivity index (χ1) is 8.95. The Morgan fingerprint density at radius 2 is 1.84 bits per heavy atom. The summed E-state index contributed by atoms with van der Waals surface area (Å²) in [6.45, 7) is 8.45. The van der Waals surface area contributed by atoms with Gasteiger partial charge in [-0.1, -0.05) is 12.1 Å². The van der Waals surface area contributed by atoms with Gasteiger partial charge in [-0.25, -0.2) is 0 Å². The van der Waals surface area contributed by atoms with E-state index in [1.807, 2.05) is 18.3 Å². The lowest BCUT2D eigenvalue weighted by molar-refractivity contribution is 0.104. The van der Waals surface area contributed by atoms with Crippen LogP contribution in [0.4, 0.5) is 0 Å². The number of carbonyl (C=O) groups is 1. The van der Waals surface area contributed by atoms with E-state index in [4.69, 9.17) is 4.74 Å². The van der Waals surface area contributed by atoms with E-state index in [1.165, 1.54) is 0 Å². The molecule has 0 fully saturated rings. The van der Waals surface area contributed by atoms with Gasteiger partial charge in [-0.05, 0) is 39.8 Å². The van der Waals surface area contributed by atoms with Crippen molar-refractivity contribution in [3.63, 3.8) is 0 Å². The zero-order chi connectivity index (χ0) is 14.4. The number of carbonyl (C=O) groups excluding carboxylic acids is 1. The van der Waals surface area contributed by atoms with E-state index in [2.05, 4.69) is 32.6 Å². The van der Waals surface area contributed by atoms with E-state index in [9.17, 15) is 4.79 Å². The predicted molar refractivity (Wildman–Crippen MR) is 78.6 cm³/mol. The molecule has 19 heavy (non-hydrogen) atoms. The van der Waals surface area contributed by atoms with Crippen molar-refractivity contribution < 1.29 is 9.53 Å². The molecule has 0 saturated heterocycles. The zero-order valence-electron chi connectivity index (χ0n) is 12.4. The first kappa shape index (κ1) is 15.3. The van der Waals surface area contributed by atoms with E-state index >= 15 is 0 Å². The zero-order valence-corrected chi connectivity index (χ0v) is 12.4. The first-order valence-corrected chi connectivity index (χ1v) is 6.59. The fourth-order valence-electron chi connectivity index (χ4n) is 1.97. The van der Waals surface area contributed by atoms with Crippen LogP contribution < -0.4 is 4.74 Å². The first-order valence-electron chi connectivity index (χ1n) is 6.59. The molecule has 0 aliphatic rings. The molecule has 0 radical (unpaired) electrons. The molecular formula is C16H23NO2. The SMILES string of the molecule is COc1cccc(C(=O)/C=C/N(C(C)C)C(C)C)c1. The quantitative estimate of drug-likeness (QED) is 0.579. The van der Waals surface area contributed by atoms with Gasteiger partial charge in [0.05, 0.1) is 7.11 Å². The highest BCUT2D eigenvalue weighted by molar-refractivity contribution is 6.04. The Kier molecular flexibility index (Phi) is 5.61. The normalized spacial score (nSPS) is 11.3. The van der Waals surface area contributed by atoms with Crippen LogP contribution in [0.25, 0.3) is 0 Å². The fourth-order valence-corrected chi connectivity index (χ4v) is 1.97.